The normalized spacial score (nSPS) is 15.7. The summed E-state index contributed by atoms with van der Waals surface area (Å²) in [5, 5.41) is 4.25. The monoisotopic (exact) mass is 203 g/mol. The smallest absolute Gasteiger partial charge is 0.0198 e. The average molecular weight is 203 g/mol. The van der Waals surface area contributed by atoms with Crippen LogP contribution >= 0.6 is 11.8 Å². The molecule has 0 heterocycles. The summed E-state index contributed by atoms with van der Waals surface area (Å²) in [6.45, 7) is 6.82. The molecule has 13 heavy (non-hydrogen) atoms. The second-order valence-electron chi connectivity index (χ2n) is 3.50. The molecule has 2 heteroatoms. The lowest BCUT2D eigenvalue weighted by atomic mass is 10.1. The molecular weight excluding hydrogens is 178 g/mol. The van der Waals surface area contributed by atoms with Gasteiger partial charge in [-0.2, -0.15) is 11.8 Å². The third-order valence-electron chi connectivity index (χ3n) is 2.36. The van der Waals surface area contributed by atoms with E-state index in [0.717, 1.165) is 5.25 Å². The second-order valence-corrected chi connectivity index (χ2v) is 4.85. The van der Waals surface area contributed by atoms with Crippen LogP contribution in [0.5, 0.6) is 0 Å². The Balaban J connectivity index is 3.84. The van der Waals surface area contributed by atoms with Gasteiger partial charge in [-0.15, -0.1) is 0 Å². The summed E-state index contributed by atoms with van der Waals surface area (Å²) in [6, 6.07) is 0.714. The van der Waals surface area contributed by atoms with Gasteiger partial charge in [0.15, 0.2) is 0 Å². The van der Waals surface area contributed by atoms with Crippen LogP contribution in [0.1, 0.15) is 46.5 Å². The van der Waals surface area contributed by atoms with E-state index in [-0.39, 0.29) is 0 Å². The highest BCUT2D eigenvalue weighted by atomic mass is 32.2. The Kier molecular flexibility index (Phi) is 9.10. The second kappa shape index (κ2) is 8.89. The fourth-order valence-electron chi connectivity index (χ4n) is 1.61. The molecule has 0 saturated heterocycles. The zero-order valence-corrected chi connectivity index (χ0v) is 10.4. The van der Waals surface area contributed by atoms with Gasteiger partial charge in [-0.05, 0) is 32.1 Å². The molecule has 0 aliphatic carbocycles. The molecule has 2 atom stereocenters. The Morgan fingerprint density at radius 1 is 1.15 bits per heavy atom. The number of nitrogens with one attached hydrogen (secondary N) is 1. The summed E-state index contributed by atoms with van der Waals surface area (Å²) >= 11 is 2.13. The van der Waals surface area contributed by atoms with Gasteiger partial charge in [0.2, 0.25) is 0 Å². The number of thioether (sulfide) groups is 1. The molecule has 0 radical (unpaired) electrons. The summed E-state index contributed by atoms with van der Waals surface area (Å²) < 4.78 is 0. The van der Waals surface area contributed by atoms with Crippen LogP contribution in [0.3, 0.4) is 0 Å². The standard InChI is InChI=1S/C11H25NS/c1-5-8-10(12-4)11(7-3)13-9-6-2/h10-12H,5-9H2,1-4H3. The molecule has 0 aliphatic heterocycles. The molecule has 0 aliphatic rings. The van der Waals surface area contributed by atoms with Crippen molar-refractivity contribution in [3.8, 4) is 0 Å². The summed E-state index contributed by atoms with van der Waals surface area (Å²) in [6.07, 6.45) is 5.18. The minimum absolute atomic E-state index is 0.714. The van der Waals surface area contributed by atoms with Crippen molar-refractivity contribution >= 4 is 11.8 Å². The molecule has 2 unspecified atom stereocenters. The molecule has 0 aromatic heterocycles. The molecule has 0 amide bonds. The highest BCUT2D eigenvalue weighted by molar-refractivity contribution is 7.99. The molecule has 80 valence electrons. The van der Waals surface area contributed by atoms with E-state index in [0.29, 0.717) is 6.04 Å². The van der Waals surface area contributed by atoms with Crippen LogP contribution in [0, 0.1) is 0 Å². The lowest BCUT2D eigenvalue weighted by Crippen LogP contribution is -2.35. The molecule has 0 bridgehead atoms. The molecule has 0 saturated carbocycles. The average Bonchev–Trinajstić information content (AvgIpc) is 2.17. The van der Waals surface area contributed by atoms with E-state index >= 15 is 0 Å². The van der Waals surface area contributed by atoms with Gasteiger partial charge in [-0.25, -0.2) is 0 Å². The van der Waals surface area contributed by atoms with Crippen LogP contribution in [0.25, 0.3) is 0 Å². The number of hydrogen-bond donors (Lipinski definition) is 1. The Hall–Kier alpha value is 0.310. The Labute approximate surface area is 88.1 Å². The molecular formula is C11H25NS. The van der Waals surface area contributed by atoms with Crippen molar-refractivity contribution in [2.75, 3.05) is 12.8 Å². The zero-order valence-electron chi connectivity index (χ0n) is 9.60. The van der Waals surface area contributed by atoms with Crippen LogP contribution in [-0.4, -0.2) is 24.1 Å². The first-order valence-corrected chi connectivity index (χ1v) is 6.63. The van der Waals surface area contributed by atoms with E-state index in [1.165, 1.54) is 31.4 Å². The van der Waals surface area contributed by atoms with Crippen molar-refractivity contribution in [2.45, 2.75) is 57.7 Å². The Bertz CT molecular complexity index is 106. The van der Waals surface area contributed by atoms with E-state index in [2.05, 4.69) is 44.9 Å². The first kappa shape index (κ1) is 13.3. The van der Waals surface area contributed by atoms with Gasteiger partial charge in [0.05, 0.1) is 0 Å². The van der Waals surface area contributed by atoms with Gasteiger partial charge in [-0.3, -0.25) is 0 Å². The lowest BCUT2D eigenvalue weighted by molar-refractivity contribution is 0.490. The summed E-state index contributed by atoms with van der Waals surface area (Å²) in [5.41, 5.74) is 0. The molecule has 1 nitrogen and oxygen atoms in total. The van der Waals surface area contributed by atoms with Gasteiger partial charge in [0.25, 0.3) is 0 Å². The first-order valence-electron chi connectivity index (χ1n) is 5.58. The van der Waals surface area contributed by atoms with E-state index in [1.807, 2.05) is 0 Å². The third kappa shape index (κ3) is 5.58. The van der Waals surface area contributed by atoms with Crippen molar-refractivity contribution in [1.29, 1.82) is 0 Å². The summed E-state index contributed by atoms with van der Waals surface area (Å²) in [4.78, 5) is 0. The van der Waals surface area contributed by atoms with Crippen LogP contribution in [-0.2, 0) is 0 Å². The van der Waals surface area contributed by atoms with E-state index in [9.17, 15) is 0 Å². The topological polar surface area (TPSA) is 12.0 Å². The van der Waals surface area contributed by atoms with E-state index < -0.39 is 0 Å². The van der Waals surface area contributed by atoms with E-state index in [1.54, 1.807) is 0 Å². The van der Waals surface area contributed by atoms with E-state index in [4.69, 9.17) is 0 Å². The maximum absolute atomic E-state index is 3.44. The van der Waals surface area contributed by atoms with Crippen LogP contribution < -0.4 is 5.32 Å². The zero-order chi connectivity index (χ0) is 10.1. The van der Waals surface area contributed by atoms with Gasteiger partial charge in [-0.1, -0.05) is 27.2 Å². The van der Waals surface area contributed by atoms with Crippen molar-refractivity contribution in [1.82, 2.24) is 5.32 Å². The highest BCUT2D eigenvalue weighted by Crippen LogP contribution is 2.21. The highest BCUT2D eigenvalue weighted by Gasteiger charge is 2.16. The largest absolute Gasteiger partial charge is 0.316 e. The lowest BCUT2D eigenvalue weighted by Gasteiger charge is -2.25. The summed E-state index contributed by atoms with van der Waals surface area (Å²) in [7, 11) is 2.09. The Morgan fingerprint density at radius 3 is 2.23 bits per heavy atom. The molecule has 1 N–H and O–H groups in total. The first-order chi connectivity index (χ1) is 6.29. The maximum atomic E-state index is 3.44. The van der Waals surface area contributed by atoms with Gasteiger partial charge >= 0.3 is 0 Å². The fourth-order valence-corrected chi connectivity index (χ4v) is 2.89. The third-order valence-corrected chi connectivity index (χ3v) is 4.09. The number of rotatable bonds is 8. The molecule has 0 rings (SSSR count). The van der Waals surface area contributed by atoms with Gasteiger partial charge in [0, 0.05) is 11.3 Å². The van der Waals surface area contributed by atoms with Gasteiger partial charge < -0.3 is 5.32 Å². The molecule has 0 fully saturated rings. The minimum atomic E-state index is 0.714. The van der Waals surface area contributed by atoms with Gasteiger partial charge in [0.1, 0.15) is 0 Å². The minimum Gasteiger partial charge on any atom is -0.316 e. The molecule has 0 spiro atoms. The predicted molar refractivity (Wildman–Crippen MR) is 64.6 cm³/mol. The molecule has 0 aromatic carbocycles. The van der Waals surface area contributed by atoms with Crippen LogP contribution in [0.4, 0.5) is 0 Å². The van der Waals surface area contributed by atoms with Crippen molar-refractivity contribution in [3.05, 3.63) is 0 Å². The summed E-state index contributed by atoms with van der Waals surface area (Å²) in [5.74, 6) is 1.31. The van der Waals surface area contributed by atoms with Crippen LogP contribution in [0.2, 0.25) is 0 Å². The fraction of sp³-hybridized carbons (Fsp3) is 1.00. The SMILES string of the molecule is CCCSC(CC)C(CCC)NC. The predicted octanol–water partition coefficient (Wildman–Crippen LogP) is 3.30. The van der Waals surface area contributed by atoms with Crippen LogP contribution in [0.15, 0.2) is 0 Å². The Morgan fingerprint density at radius 2 is 1.85 bits per heavy atom. The van der Waals surface area contributed by atoms with Crippen molar-refractivity contribution in [3.63, 3.8) is 0 Å². The maximum Gasteiger partial charge on any atom is 0.0198 e. The van der Waals surface area contributed by atoms with Crippen molar-refractivity contribution in [2.24, 2.45) is 0 Å². The quantitative estimate of drug-likeness (QED) is 0.649. The van der Waals surface area contributed by atoms with Crippen molar-refractivity contribution < 1.29 is 0 Å². The molecule has 0 aromatic rings. The number of hydrogen-bond acceptors (Lipinski definition) is 2.